The maximum atomic E-state index is 12.5. The first kappa shape index (κ1) is 23.1. The molecule has 4 aromatic rings. The highest BCUT2D eigenvalue weighted by atomic mass is 16.6. The number of hydrogen-bond acceptors (Lipinski definition) is 5. The Bertz CT molecular complexity index is 1270. The molecule has 0 heterocycles. The topological polar surface area (TPSA) is 78.7 Å². The molecule has 0 radical (unpaired) electrons. The molecule has 6 nitrogen and oxygen atoms in total. The average molecular weight is 456 g/mol. The zero-order chi connectivity index (χ0) is 23.9. The molecule has 0 aliphatic rings. The van der Waals surface area contributed by atoms with E-state index in [0.717, 1.165) is 11.1 Å². The van der Waals surface area contributed by atoms with E-state index in [0.29, 0.717) is 6.42 Å². The molecule has 2 atom stereocenters. The van der Waals surface area contributed by atoms with Gasteiger partial charge in [0.2, 0.25) is 0 Å². The van der Waals surface area contributed by atoms with Crippen LogP contribution in [0.1, 0.15) is 33.8 Å². The number of benzene rings is 4. The van der Waals surface area contributed by atoms with Gasteiger partial charge in [-0.3, -0.25) is 10.1 Å². The van der Waals surface area contributed by atoms with Gasteiger partial charge in [0.05, 0.1) is 16.6 Å². The summed E-state index contributed by atoms with van der Waals surface area (Å²) in [5.41, 5.74) is 2.50. The fourth-order valence-electron chi connectivity index (χ4n) is 4.04. The molecule has 0 unspecified atom stereocenters. The third-order valence-electron chi connectivity index (χ3n) is 5.92. The number of ether oxygens (including phenoxy) is 2. The van der Waals surface area contributed by atoms with Crippen LogP contribution in [0, 0.1) is 10.1 Å². The molecule has 0 fully saturated rings. The predicted molar refractivity (Wildman–Crippen MR) is 131 cm³/mol. The van der Waals surface area contributed by atoms with Gasteiger partial charge in [0.1, 0.15) is 6.61 Å². The first-order valence-corrected chi connectivity index (χ1v) is 11.0. The van der Waals surface area contributed by atoms with E-state index in [-0.39, 0.29) is 29.9 Å². The highest BCUT2D eigenvalue weighted by molar-refractivity contribution is 5.89. The van der Waals surface area contributed by atoms with Crippen LogP contribution < -0.4 is 0 Å². The van der Waals surface area contributed by atoms with E-state index < -0.39 is 10.9 Å². The van der Waals surface area contributed by atoms with Gasteiger partial charge in [-0.15, -0.1) is 0 Å². The van der Waals surface area contributed by atoms with Crippen molar-refractivity contribution in [1.29, 1.82) is 0 Å². The van der Waals surface area contributed by atoms with Gasteiger partial charge in [0.15, 0.2) is 0 Å². The van der Waals surface area contributed by atoms with Crippen molar-refractivity contribution in [2.75, 3.05) is 13.7 Å². The largest absolute Gasteiger partial charge is 0.459 e. The standard InChI is InChI=1S/C28H25NO5/c1-33-26(19-34-28(30)22-13-15-25(16-14-22)29(31)32)18-27(21-8-3-2-4-9-21)24-12-11-20-7-5-6-10-23(20)17-24/h2-17,26-27H,18-19H2,1H3/t26-,27-/m0/s1. The summed E-state index contributed by atoms with van der Waals surface area (Å²) in [5.74, 6) is -0.493. The van der Waals surface area contributed by atoms with E-state index in [1.165, 1.54) is 35.0 Å². The Morgan fingerprint density at radius 2 is 1.53 bits per heavy atom. The van der Waals surface area contributed by atoms with Crippen molar-refractivity contribution in [1.82, 2.24) is 0 Å². The number of hydrogen-bond donors (Lipinski definition) is 0. The lowest BCUT2D eigenvalue weighted by Crippen LogP contribution is -2.24. The molecular formula is C28H25NO5. The third kappa shape index (κ3) is 5.47. The summed E-state index contributed by atoms with van der Waals surface area (Å²) in [6.07, 6.45) is 0.283. The minimum absolute atomic E-state index is 0.0498. The number of non-ortho nitro benzene ring substituents is 1. The quantitative estimate of drug-likeness (QED) is 0.172. The van der Waals surface area contributed by atoms with Gasteiger partial charge in [0.25, 0.3) is 5.69 Å². The SMILES string of the molecule is CO[C@H](COC(=O)c1ccc([N+](=O)[O-])cc1)C[C@@H](c1ccccc1)c1ccc2ccccc2c1. The lowest BCUT2D eigenvalue weighted by Gasteiger charge is -2.24. The molecule has 172 valence electrons. The first-order valence-electron chi connectivity index (χ1n) is 11.0. The van der Waals surface area contributed by atoms with E-state index in [9.17, 15) is 14.9 Å². The van der Waals surface area contributed by atoms with Crippen LogP contribution in [-0.4, -0.2) is 30.7 Å². The molecule has 0 aromatic heterocycles. The van der Waals surface area contributed by atoms with Crippen LogP contribution in [0.3, 0.4) is 0 Å². The summed E-state index contributed by atoms with van der Waals surface area (Å²) in [5, 5.41) is 13.2. The first-order chi connectivity index (χ1) is 16.5. The minimum atomic E-state index is -0.543. The molecule has 0 aliphatic heterocycles. The van der Waals surface area contributed by atoms with Crippen molar-refractivity contribution in [2.45, 2.75) is 18.4 Å². The van der Waals surface area contributed by atoms with Gasteiger partial charge >= 0.3 is 5.97 Å². The number of nitro benzene ring substituents is 1. The molecule has 0 saturated carbocycles. The molecule has 4 aromatic carbocycles. The summed E-state index contributed by atoms with van der Waals surface area (Å²) in [4.78, 5) is 22.8. The van der Waals surface area contributed by atoms with E-state index >= 15 is 0 Å². The van der Waals surface area contributed by atoms with Crippen molar-refractivity contribution in [3.05, 3.63) is 124 Å². The van der Waals surface area contributed by atoms with Crippen molar-refractivity contribution in [3.63, 3.8) is 0 Å². The van der Waals surface area contributed by atoms with Crippen molar-refractivity contribution in [2.24, 2.45) is 0 Å². The number of rotatable bonds is 9. The van der Waals surface area contributed by atoms with Gasteiger partial charge < -0.3 is 9.47 Å². The number of nitrogens with zero attached hydrogens (tertiary/aromatic N) is 1. The third-order valence-corrected chi connectivity index (χ3v) is 5.92. The number of esters is 1. The Morgan fingerprint density at radius 3 is 2.21 bits per heavy atom. The van der Waals surface area contributed by atoms with E-state index in [1.54, 1.807) is 7.11 Å². The van der Waals surface area contributed by atoms with Crippen LogP contribution in [0.5, 0.6) is 0 Å². The monoisotopic (exact) mass is 455 g/mol. The van der Waals surface area contributed by atoms with Gasteiger partial charge in [-0.1, -0.05) is 72.8 Å². The molecule has 34 heavy (non-hydrogen) atoms. The Kier molecular flexibility index (Phi) is 7.30. The van der Waals surface area contributed by atoms with Crippen molar-refractivity contribution in [3.8, 4) is 0 Å². The van der Waals surface area contributed by atoms with Crippen LogP contribution in [0.15, 0.2) is 97.1 Å². The fraction of sp³-hybridized carbons (Fsp3) is 0.179. The van der Waals surface area contributed by atoms with Gasteiger partial charge in [-0.25, -0.2) is 4.79 Å². The Labute approximate surface area is 197 Å². The summed E-state index contributed by atoms with van der Waals surface area (Å²) in [6.45, 7) is 0.0727. The fourth-order valence-corrected chi connectivity index (χ4v) is 4.04. The molecule has 4 rings (SSSR count). The van der Waals surface area contributed by atoms with Crippen molar-refractivity contribution < 1.29 is 19.2 Å². The lowest BCUT2D eigenvalue weighted by atomic mass is 9.86. The molecule has 0 saturated heterocycles. The second kappa shape index (κ2) is 10.7. The molecule has 0 bridgehead atoms. The second-order valence-electron chi connectivity index (χ2n) is 8.07. The molecule has 6 heteroatoms. The summed E-state index contributed by atoms with van der Waals surface area (Å²) < 4.78 is 11.2. The average Bonchev–Trinajstić information content (AvgIpc) is 2.89. The highest BCUT2D eigenvalue weighted by Gasteiger charge is 2.22. The number of fused-ring (bicyclic) bond motifs is 1. The molecule has 0 N–H and O–H groups in total. The van der Waals surface area contributed by atoms with E-state index in [1.807, 2.05) is 30.3 Å². The normalized spacial score (nSPS) is 12.7. The van der Waals surface area contributed by atoms with Crippen LogP contribution in [0.25, 0.3) is 10.8 Å². The minimum Gasteiger partial charge on any atom is -0.459 e. The molecular weight excluding hydrogens is 430 g/mol. The molecule has 0 aliphatic carbocycles. The zero-order valence-corrected chi connectivity index (χ0v) is 18.8. The Morgan fingerprint density at radius 1 is 0.853 bits per heavy atom. The van der Waals surface area contributed by atoms with Crippen LogP contribution in [0.4, 0.5) is 5.69 Å². The lowest BCUT2D eigenvalue weighted by molar-refractivity contribution is -0.384. The van der Waals surface area contributed by atoms with Gasteiger partial charge in [-0.05, 0) is 40.5 Å². The van der Waals surface area contributed by atoms with Gasteiger partial charge in [-0.2, -0.15) is 0 Å². The number of carbonyl (C=O) groups excluding carboxylic acids is 1. The molecule has 0 spiro atoms. The van der Waals surface area contributed by atoms with Crippen LogP contribution in [0.2, 0.25) is 0 Å². The maximum Gasteiger partial charge on any atom is 0.338 e. The summed E-state index contributed by atoms with van der Waals surface area (Å²) >= 11 is 0. The summed E-state index contributed by atoms with van der Waals surface area (Å²) in [6, 6.07) is 30.3. The highest BCUT2D eigenvalue weighted by Crippen LogP contribution is 2.32. The summed E-state index contributed by atoms with van der Waals surface area (Å²) in [7, 11) is 1.60. The zero-order valence-electron chi connectivity index (χ0n) is 18.8. The smallest absolute Gasteiger partial charge is 0.338 e. The number of carbonyl (C=O) groups is 1. The van der Waals surface area contributed by atoms with Crippen molar-refractivity contribution >= 4 is 22.4 Å². The Balaban J connectivity index is 1.51. The molecule has 0 amide bonds. The van der Waals surface area contributed by atoms with Crippen LogP contribution >= 0.6 is 0 Å². The van der Waals surface area contributed by atoms with E-state index in [4.69, 9.17) is 9.47 Å². The number of nitro groups is 1. The van der Waals surface area contributed by atoms with Gasteiger partial charge in [0, 0.05) is 25.2 Å². The van der Waals surface area contributed by atoms with Crippen LogP contribution in [-0.2, 0) is 9.47 Å². The number of methoxy groups -OCH3 is 1. The maximum absolute atomic E-state index is 12.5. The Hall–Kier alpha value is -4.03. The second-order valence-corrected chi connectivity index (χ2v) is 8.07. The van der Waals surface area contributed by atoms with E-state index in [2.05, 4.69) is 42.5 Å². The predicted octanol–water partition coefficient (Wildman–Crippen LogP) is 6.14.